The second-order valence-corrected chi connectivity index (χ2v) is 10.9. The van der Waals surface area contributed by atoms with Crippen LogP contribution in [0.25, 0.3) is 10.2 Å². The van der Waals surface area contributed by atoms with Gasteiger partial charge in [0.25, 0.3) is 0 Å². The molecule has 0 saturated carbocycles. The van der Waals surface area contributed by atoms with Crippen LogP contribution >= 0.6 is 22.9 Å². The SMILES string of the molecule is COc1ccc(S(=O)(=O)N2CCCC(C(=O)Nc3nc4c(C)cc(Cl)cc4s3)C2)cc1. The standard InChI is InChI=1S/C21H22ClN3O4S2/c1-13-10-15(22)11-18-19(13)23-21(30-18)24-20(26)14-4-3-9-25(12-14)31(27,28)17-7-5-16(29-2)6-8-17/h5-8,10-11,14H,3-4,9,12H2,1-2H3,(H,23,24,26). The molecule has 1 aliphatic heterocycles. The van der Waals surface area contributed by atoms with Crippen LogP contribution in [0.4, 0.5) is 5.13 Å². The first-order valence-electron chi connectivity index (χ1n) is 9.79. The zero-order valence-electron chi connectivity index (χ0n) is 17.1. The summed E-state index contributed by atoms with van der Waals surface area (Å²) in [4.78, 5) is 17.6. The molecule has 164 valence electrons. The van der Waals surface area contributed by atoms with Gasteiger partial charge in [-0.1, -0.05) is 22.9 Å². The van der Waals surface area contributed by atoms with E-state index in [2.05, 4.69) is 10.3 Å². The van der Waals surface area contributed by atoms with Crippen LogP contribution in [-0.2, 0) is 14.8 Å². The van der Waals surface area contributed by atoms with Crippen molar-refractivity contribution in [1.82, 2.24) is 9.29 Å². The second kappa shape index (κ2) is 8.74. The molecule has 1 N–H and O–H groups in total. The maximum Gasteiger partial charge on any atom is 0.243 e. The number of hydrogen-bond acceptors (Lipinski definition) is 6. The van der Waals surface area contributed by atoms with E-state index < -0.39 is 15.9 Å². The van der Waals surface area contributed by atoms with Crippen molar-refractivity contribution in [3.63, 3.8) is 0 Å². The van der Waals surface area contributed by atoms with Crippen LogP contribution in [0.1, 0.15) is 18.4 Å². The van der Waals surface area contributed by atoms with Gasteiger partial charge in [0.05, 0.1) is 28.1 Å². The number of rotatable bonds is 5. The van der Waals surface area contributed by atoms with Gasteiger partial charge < -0.3 is 10.1 Å². The summed E-state index contributed by atoms with van der Waals surface area (Å²) in [6, 6.07) is 9.92. The number of aromatic nitrogens is 1. The number of fused-ring (bicyclic) bond motifs is 1. The Balaban J connectivity index is 1.49. The highest BCUT2D eigenvalue weighted by molar-refractivity contribution is 7.89. The number of sulfonamides is 1. The van der Waals surface area contributed by atoms with Gasteiger partial charge in [-0.3, -0.25) is 4.79 Å². The molecule has 10 heteroatoms. The fourth-order valence-corrected chi connectivity index (χ4v) is 6.53. The van der Waals surface area contributed by atoms with Crippen LogP contribution in [0.2, 0.25) is 5.02 Å². The lowest BCUT2D eigenvalue weighted by Gasteiger charge is -2.31. The van der Waals surface area contributed by atoms with Crippen molar-refractivity contribution in [3.05, 3.63) is 47.0 Å². The van der Waals surface area contributed by atoms with Crippen molar-refractivity contribution in [3.8, 4) is 5.75 Å². The molecule has 1 aromatic heterocycles. The first kappa shape index (κ1) is 22.0. The maximum absolute atomic E-state index is 13.0. The van der Waals surface area contributed by atoms with Gasteiger partial charge in [0.1, 0.15) is 5.75 Å². The first-order valence-corrected chi connectivity index (χ1v) is 12.4. The average molecular weight is 480 g/mol. The van der Waals surface area contributed by atoms with Crippen LogP contribution in [-0.4, -0.2) is 43.8 Å². The third-order valence-electron chi connectivity index (χ3n) is 5.33. The molecular weight excluding hydrogens is 458 g/mol. The van der Waals surface area contributed by atoms with Crippen molar-refractivity contribution >= 4 is 54.2 Å². The molecule has 2 heterocycles. The van der Waals surface area contributed by atoms with Gasteiger partial charge in [-0.15, -0.1) is 0 Å². The molecule has 1 saturated heterocycles. The number of hydrogen-bond donors (Lipinski definition) is 1. The van der Waals surface area contributed by atoms with Gasteiger partial charge >= 0.3 is 0 Å². The van der Waals surface area contributed by atoms with Crippen LogP contribution in [0.15, 0.2) is 41.3 Å². The lowest BCUT2D eigenvalue weighted by Crippen LogP contribution is -2.43. The summed E-state index contributed by atoms with van der Waals surface area (Å²) in [5, 5.41) is 3.97. The van der Waals surface area contributed by atoms with E-state index in [0.29, 0.717) is 35.3 Å². The van der Waals surface area contributed by atoms with Crippen LogP contribution in [0.5, 0.6) is 5.75 Å². The van der Waals surface area contributed by atoms with Crippen molar-refractivity contribution < 1.29 is 17.9 Å². The molecule has 0 bridgehead atoms. The molecule has 31 heavy (non-hydrogen) atoms. The highest BCUT2D eigenvalue weighted by Crippen LogP contribution is 2.32. The second-order valence-electron chi connectivity index (χ2n) is 7.46. The summed E-state index contributed by atoms with van der Waals surface area (Å²) in [6.45, 7) is 2.44. The molecule has 1 amide bonds. The molecular formula is C21H22ClN3O4S2. The zero-order chi connectivity index (χ0) is 22.2. The molecule has 0 aliphatic carbocycles. The number of amides is 1. The minimum atomic E-state index is -3.69. The van der Waals surface area contributed by atoms with Crippen molar-refractivity contribution in [2.24, 2.45) is 5.92 Å². The monoisotopic (exact) mass is 479 g/mol. The van der Waals surface area contributed by atoms with Gasteiger partial charge in [-0.25, -0.2) is 13.4 Å². The molecule has 1 unspecified atom stereocenters. The van der Waals surface area contributed by atoms with Gasteiger partial charge in [-0.2, -0.15) is 4.31 Å². The number of methoxy groups -OCH3 is 1. The summed E-state index contributed by atoms with van der Waals surface area (Å²) in [5.41, 5.74) is 1.74. The maximum atomic E-state index is 13.0. The topological polar surface area (TPSA) is 88.6 Å². The average Bonchev–Trinajstić information content (AvgIpc) is 3.16. The van der Waals surface area contributed by atoms with E-state index in [0.717, 1.165) is 15.8 Å². The van der Waals surface area contributed by atoms with Gasteiger partial charge in [0.15, 0.2) is 5.13 Å². The number of ether oxygens (including phenoxy) is 1. The van der Waals surface area contributed by atoms with Crippen LogP contribution in [0.3, 0.4) is 0 Å². The third-order valence-corrected chi connectivity index (χ3v) is 8.35. The summed E-state index contributed by atoms with van der Waals surface area (Å²) >= 11 is 7.46. The Morgan fingerprint density at radius 3 is 2.74 bits per heavy atom. The van der Waals surface area contributed by atoms with E-state index in [1.54, 1.807) is 12.1 Å². The number of carbonyl (C=O) groups excluding carboxylic acids is 1. The summed E-state index contributed by atoms with van der Waals surface area (Å²) in [5.74, 6) is -0.0851. The molecule has 1 atom stereocenters. The van der Waals surface area contributed by atoms with Crippen molar-refractivity contribution in [2.45, 2.75) is 24.7 Å². The molecule has 1 fully saturated rings. The van der Waals surface area contributed by atoms with E-state index in [4.69, 9.17) is 16.3 Å². The Morgan fingerprint density at radius 1 is 1.29 bits per heavy atom. The smallest absolute Gasteiger partial charge is 0.243 e. The number of nitrogens with zero attached hydrogens (tertiary/aromatic N) is 2. The lowest BCUT2D eigenvalue weighted by molar-refractivity contribution is -0.120. The van der Waals surface area contributed by atoms with E-state index in [9.17, 15) is 13.2 Å². The molecule has 4 rings (SSSR count). The fraction of sp³-hybridized carbons (Fsp3) is 0.333. The molecule has 1 aliphatic rings. The number of halogens is 1. The predicted molar refractivity (Wildman–Crippen MR) is 122 cm³/mol. The third kappa shape index (κ3) is 4.55. The number of benzene rings is 2. The number of nitrogens with one attached hydrogen (secondary N) is 1. The quantitative estimate of drug-likeness (QED) is 0.589. The summed E-state index contributed by atoms with van der Waals surface area (Å²) < 4.78 is 33.4. The zero-order valence-corrected chi connectivity index (χ0v) is 19.5. The van der Waals surface area contributed by atoms with Crippen molar-refractivity contribution in [2.75, 3.05) is 25.5 Å². The Kier molecular flexibility index (Phi) is 6.20. The van der Waals surface area contributed by atoms with Gasteiger partial charge in [0.2, 0.25) is 15.9 Å². The van der Waals surface area contributed by atoms with E-state index in [1.165, 1.54) is 34.9 Å². The van der Waals surface area contributed by atoms with Crippen LogP contribution in [0, 0.1) is 12.8 Å². The van der Waals surface area contributed by atoms with Gasteiger partial charge in [-0.05, 0) is 61.7 Å². The number of carbonyl (C=O) groups is 1. The molecule has 7 nitrogen and oxygen atoms in total. The Labute approximate surface area is 190 Å². The highest BCUT2D eigenvalue weighted by Gasteiger charge is 2.33. The Bertz CT molecular complexity index is 1230. The van der Waals surface area contributed by atoms with E-state index >= 15 is 0 Å². The van der Waals surface area contributed by atoms with E-state index in [1.807, 2.05) is 19.1 Å². The number of aryl methyl sites for hydroxylation is 1. The van der Waals surface area contributed by atoms with Crippen LogP contribution < -0.4 is 10.1 Å². The molecule has 0 spiro atoms. The number of piperidine rings is 1. The fourth-order valence-electron chi connectivity index (χ4n) is 3.69. The van der Waals surface area contributed by atoms with E-state index in [-0.39, 0.29) is 17.3 Å². The Hall–Kier alpha value is -2.20. The molecule has 0 radical (unpaired) electrons. The number of anilines is 1. The normalized spacial score (nSPS) is 17.6. The molecule has 3 aromatic rings. The summed E-state index contributed by atoms with van der Waals surface area (Å²) in [6.07, 6.45) is 1.23. The highest BCUT2D eigenvalue weighted by atomic mass is 35.5. The number of thiazole rings is 1. The van der Waals surface area contributed by atoms with Gasteiger partial charge in [0, 0.05) is 18.1 Å². The summed E-state index contributed by atoms with van der Waals surface area (Å²) in [7, 11) is -2.16. The predicted octanol–water partition coefficient (Wildman–Crippen LogP) is 4.31. The lowest BCUT2D eigenvalue weighted by atomic mass is 9.99. The van der Waals surface area contributed by atoms with Crippen molar-refractivity contribution in [1.29, 1.82) is 0 Å². The Morgan fingerprint density at radius 2 is 2.03 bits per heavy atom. The largest absolute Gasteiger partial charge is 0.497 e. The first-order chi connectivity index (χ1) is 14.8. The minimum absolute atomic E-state index is 0.135. The minimum Gasteiger partial charge on any atom is -0.497 e. The molecule has 2 aromatic carbocycles.